The monoisotopic (exact) mass is 384 g/mol. The number of nitrogens with zero attached hydrogens (tertiary/aromatic N) is 1. The highest BCUT2D eigenvalue weighted by Gasteiger charge is 2.34. The number of likely N-dealkylation sites (N-methyl/N-ethyl adjacent to an activating group) is 2. The molecule has 0 radical (unpaired) electrons. The molecular formula is C21H24N2O5. The van der Waals surface area contributed by atoms with Crippen molar-refractivity contribution in [2.75, 3.05) is 20.7 Å². The Bertz CT molecular complexity index is 825. The summed E-state index contributed by atoms with van der Waals surface area (Å²) in [7, 11) is 2.75. The zero-order valence-electron chi connectivity index (χ0n) is 16.4. The highest BCUT2D eigenvalue weighted by molar-refractivity contribution is 6.07. The van der Waals surface area contributed by atoms with Crippen LogP contribution in [0.4, 0.5) is 0 Å². The third kappa shape index (κ3) is 6.65. The largest absolute Gasteiger partial charge is 0.513 e. The summed E-state index contributed by atoms with van der Waals surface area (Å²) >= 11 is 0. The van der Waals surface area contributed by atoms with Crippen molar-refractivity contribution in [1.82, 2.24) is 10.2 Å². The van der Waals surface area contributed by atoms with Gasteiger partial charge in [-0.15, -0.1) is 0 Å². The number of benzene rings is 1. The molecule has 1 unspecified atom stereocenters. The first-order chi connectivity index (χ1) is 13.3. The van der Waals surface area contributed by atoms with Gasteiger partial charge in [-0.3, -0.25) is 9.59 Å². The Hall–Kier alpha value is -3.53. The Labute approximate surface area is 164 Å². The van der Waals surface area contributed by atoms with Crippen molar-refractivity contribution in [2.45, 2.75) is 19.9 Å². The van der Waals surface area contributed by atoms with Crippen LogP contribution in [0.25, 0.3) is 0 Å². The van der Waals surface area contributed by atoms with E-state index >= 15 is 0 Å². The second kappa shape index (κ2) is 11.2. The molecule has 0 spiro atoms. The molecule has 148 valence electrons. The molecule has 2 N–H and O–H groups in total. The minimum atomic E-state index is -1.37. The molecule has 1 rings (SSSR count). The third-order valence-electron chi connectivity index (χ3n) is 3.58. The van der Waals surface area contributed by atoms with Crippen molar-refractivity contribution >= 4 is 17.8 Å². The number of esters is 1. The van der Waals surface area contributed by atoms with Crippen LogP contribution >= 0.6 is 0 Å². The maximum absolute atomic E-state index is 12.7. The minimum Gasteiger partial charge on any atom is -0.513 e. The van der Waals surface area contributed by atoms with Crippen LogP contribution in [-0.4, -0.2) is 54.5 Å². The first-order valence-corrected chi connectivity index (χ1v) is 8.61. The standard InChI is InChI=1S/C21H24N2O5/c1-5-28-21(27)18(19(25)22-3)23(4)20(26)17-13-11-16(12-14-17)10-8-6-7-9-15(2)24/h6-7,9,11-14,18,24H,5H2,1-4H3,(H,22,25)/b7-6+,15-9-. The van der Waals surface area contributed by atoms with Gasteiger partial charge in [0.1, 0.15) is 0 Å². The summed E-state index contributed by atoms with van der Waals surface area (Å²) in [6, 6.07) is 5.08. The van der Waals surface area contributed by atoms with E-state index in [0.29, 0.717) is 11.1 Å². The van der Waals surface area contributed by atoms with Crippen molar-refractivity contribution in [1.29, 1.82) is 0 Å². The smallest absolute Gasteiger partial charge is 0.338 e. The Morgan fingerprint density at radius 1 is 1.29 bits per heavy atom. The van der Waals surface area contributed by atoms with Gasteiger partial charge in [-0.05, 0) is 50.3 Å². The van der Waals surface area contributed by atoms with Gasteiger partial charge < -0.3 is 20.1 Å². The van der Waals surface area contributed by atoms with Gasteiger partial charge in [-0.25, -0.2) is 4.79 Å². The Morgan fingerprint density at radius 2 is 1.93 bits per heavy atom. The van der Waals surface area contributed by atoms with E-state index in [0.717, 1.165) is 4.90 Å². The second-order valence-electron chi connectivity index (χ2n) is 5.70. The zero-order valence-corrected chi connectivity index (χ0v) is 16.4. The maximum Gasteiger partial charge on any atom is 0.338 e. The quantitative estimate of drug-likeness (QED) is 0.256. The first kappa shape index (κ1) is 22.5. The number of hydrogen-bond donors (Lipinski definition) is 2. The fourth-order valence-corrected chi connectivity index (χ4v) is 2.18. The summed E-state index contributed by atoms with van der Waals surface area (Å²) in [5.74, 6) is 3.96. The molecule has 0 heterocycles. The lowest BCUT2D eigenvalue weighted by atomic mass is 10.1. The van der Waals surface area contributed by atoms with Gasteiger partial charge in [0.05, 0.1) is 12.4 Å². The van der Waals surface area contributed by atoms with Crippen molar-refractivity contribution in [2.24, 2.45) is 0 Å². The van der Waals surface area contributed by atoms with E-state index in [4.69, 9.17) is 9.84 Å². The van der Waals surface area contributed by atoms with Gasteiger partial charge in [-0.1, -0.05) is 17.9 Å². The number of carbonyl (C=O) groups is 3. The normalized spacial score (nSPS) is 11.9. The minimum absolute atomic E-state index is 0.101. The highest BCUT2D eigenvalue weighted by atomic mass is 16.5. The number of ether oxygens (including phenoxy) is 1. The zero-order chi connectivity index (χ0) is 21.1. The molecule has 0 fully saturated rings. The van der Waals surface area contributed by atoms with Crippen LogP contribution in [0.5, 0.6) is 0 Å². The molecule has 1 aromatic carbocycles. The van der Waals surface area contributed by atoms with Crippen LogP contribution in [0.1, 0.15) is 29.8 Å². The molecule has 1 aromatic rings. The Kier molecular flexibility index (Phi) is 9.04. The summed E-state index contributed by atoms with van der Waals surface area (Å²) < 4.78 is 4.89. The molecule has 0 aliphatic heterocycles. The topological polar surface area (TPSA) is 95.9 Å². The highest BCUT2D eigenvalue weighted by Crippen LogP contribution is 2.10. The van der Waals surface area contributed by atoms with E-state index in [1.807, 2.05) is 0 Å². The predicted molar refractivity (Wildman–Crippen MR) is 105 cm³/mol. The summed E-state index contributed by atoms with van der Waals surface area (Å²) in [5, 5.41) is 11.4. The molecule has 0 aliphatic rings. The number of allylic oxidation sites excluding steroid dienone is 4. The second-order valence-corrected chi connectivity index (χ2v) is 5.70. The molecule has 7 nitrogen and oxygen atoms in total. The van der Waals surface area contributed by atoms with Gasteiger partial charge in [-0.2, -0.15) is 0 Å². The first-order valence-electron chi connectivity index (χ1n) is 8.61. The van der Waals surface area contributed by atoms with E-state index in [1.54, 1.807) is 50.3 Å². The molecular weight excluding hydrogens is 360 g/mol. The van der Waals surface area contributed by atoms with E-state index in [-0.39, 0.29) is 12.4 Å². The number of aliphatic hydroxyl groups is 1. The van der Waals surface area contributed by atoms with Crippen LogP contribution in [0.2, 0.25) is 0 Å². The molecule has 0 aliphatic carbocycles. The summed E-state index contributed by atoms with van der Waals surface area (Å²) in [6.07, 6.45) is 4.71. The van der Waals surface area contributed by atoms with Crippen LogP contribution in [0.3, 0.4) is 0 Å². The van der Waals surface area contributed by atoms with E-state index in [1.165, 1.54) is 20.2 Å². The fraction of sp³-hybridized carbons (Fsp3) is 0.286. The average Bonchev–Trinajstić information content (AvgIpc) is 2.67. The Balaban J connectivity index is 2.94. The molecule has 0 saturated heterocycles. The predicted octanol–water partition coefficient (Wildman–Crippen LogP) is 1.81. The van der Waals surface area contributed by atoms with Crippen LogP contribution in [0, 0.1) is 11.8 Å². The summed E-state index contributed by atoms with van der Waals surface area (Å²) in [4.78, 5) is 37.8. The summed E-state index contributed by atoms with van der Waals surface area (Å²) in [5.41, 5.74) is 0.988. The molecule has 1 atom stereocenters. The molecule has 7 heteroatoms. The number of amides is 2. The fourth-order valence-electron chi connectivity index (χ4n) is 2.18. The number of rotatable bonds is 6. The molecule has 2 amide bonds. The van der Waals surface area contributed by atoms with Gasteiger partial charge in [0.15, 0.2) is 0 Å². The van der Waals surface area contributed by atoms with Gasteiger partial charge in [0.2, 0.25) is 6.04 Å². The number of hydrogen-bond acceptors (Lipinski definition) is 5. The van der Waals surface area contributed by atoms with E-state index in [9.17, 15) is 14.4 Å². The maximum atomic E-state index is 12.7. The lowest BCUT2D eigenvalue weighted by Gasteiger charge is -2.25. The van der Waals surface area contributed by atoms with Crippen LogP contribution in [-0.2, 0) is 14.3 Å². The van der Waals surface area contributed by atoms with Crippen LogP contribution < -0.4 is 5.32 Å². The van der Waals surface area contributed by atoms with Gasteiger partial charge in [0.25, 0.3) is 11.8 Å². The molecule has 0 aromatic heterocycles. The van der Waals surface area contributed by atoms with Crippen molar-refractivity contribution in [3.05, 3.63) is 59.4 Å². The Morgan fingerprint density at radius 3 is 2.46 bits per heavy atom. The average molecular weight is 384 g/mol. The number of aliphatic hydroxyl groups excluding tert-OH is 1. The summed E-state index contributed by atoms with van der Waals surface area (Å²) in [6.45, 7) is 3.28. The lowest BCUT2D eigenvalue weighted by Crippen LogP contribution is -2.52. The van der Waals surface area contributed by atoms with Gasteiger partial charge >= 0.3 is 5.97 Å². The SMILES string of the molecule is CCOC(=O)C(C(=O)NC)N(C)C(=O)c1ccc(C#C/C=C/C=C(/C)O)cc1. The van der Waals surface area contributed by atoms with Crippen LogP contribution in [0.15, 0.2) is 48.3 Å². The molecule has 28 heavy (non-hydrogen) atoms. The van der Waals surface area contributed by atoms with E-state index in [2.05, 4.69) is 17.2 Å². The van der Waals surface area contributed by atoms with E-state index < -0.39 is 23.8 Å². The third-order valence-corrected chi connectivity index (χ3v) is 3.58. The van der Waals surface area contributed by atoms with Gasteiger partial charge in [0, 0.05) is 25.2 Å². The van der Waals surface area contributed by atoms with Crippen molar-refractivity contribution in [3.8, 4) is 11.8 Å². The van der Waals surface area contributed by atoms with Crippen molar-refractivity contribution < 1.29 is 24.2 Å². The number of carbonyl (C=O) groups excluding carboxylic acids is 3. The molecule has 0 bridgehead atoms. The number of nitrogens with one attached hydrogen (secondary N) is 1. The van der Waals surface area contributed by atoms with Crippen molar-refractivity contribution in [3.63, 3.8) is 0 Å². The molecule has 0 saturated carbocycles. The lowest BCUT2D eigenvalue weighted by molar-refractivity contribution is -0.152.